The first-order chi connectivity index (χ1) is 12.6. The number of hydrogen-bond donors (Lipinski definition) is 0. The molecule has 0 heterocycles. The molecule has 3 rings (SSSR count). The van der Waals surface area contributed by atoms with Gasteiger partial charge < -0.3 is 0 Å². The van der Waals surface area contributed by atoms with Crippen LogP contribution in [0.25, 0.3) is 0 Å². The van der Waals surface area contributed by atoms with Crippen molar-refractivity contribution in [3.63, 3.8) is 0 Å². The quantitative estimate of drug-likeness (QED) is 0.379. The van der Waals surface area contributed by atoms with Gasteiger partial charge in [0.2, 0.25) is 0 Å². The van der Waals surface area contributed by atoms with Gasteiger partial charge in [-0.15, -0.1) is 19.4 Å². The highest BCUT2D eigenvalue weighted by atomic mass is 14.3. The van der Waals surface area contributed by atoms with Crippen LogP contribution in [0.1, 0.15) is 107 Å². The fraction of sp³-hybridized carbons (Fsp3) is 0.615. The van der Waals surface area contributed by atoms with E-state index in [0.717, 1.165) is 17.8 Å². The van der Waals surface area contributed by atoms with Crippen molar-refractivity contribution in [1.82, 2.24) is 0 Å². The van der Waals surface area contributed by atoms with E-state index in [1.54, 1.807) is 28.3 Å². The van der Waals surface area contributed by atoms with Crippen LogP contribution in [0.15, 0.2) is 24.8 Å². The van der Waals surface area contributed by atoms with Gasteiger partial charge >= 0.3 is 0 Å². The molecule has 146 valence electrons. The third-order valence-corrected chi connectivity index (χ3v) is 5.50. The van der Waals surface area contributed by atoms with Gasteiger partial charge in [-0.1, -0.05) is 58.7 Å². The molecule has 0 saturated heterocycles. The minimum absolute atomic E-state index is 0.845. The molecule has 0 radical (unpaired) electrons. The number of rotatable bonds is 3. The van der Waals surface area contributed by atoms with Gasteiger partial charge in [0.25, 0.3) is 0 Å². The van der Waals surface area contributed by atoms with Gasteiger partial charge in [-0.25, -0.2) is 0 Å². The molecule has 0 aromatic heterocycles. The second-order valence-electron chi connectivity index (χ2n) is 7.34. The van der Waals surface area contributed by atoms with Crippen molar-refractivity contribution in [2.75, 3.05) is 0 Å². The molecule has 0 N–H and O–H groups in total. The smallest absolute Gasteiger partial charge is 0.0159 e. The number of benzene rings is 1. The van der Waals surface area contributed by atoms with Gasteiger partial charge in [-0.2, -0.15) is 0 Å². The average Bonchev–Trinajstić information content (AvgIpc) is 3.51. The predicted molar refractivity (Wildman–Crippen MR) is 120 cm³/mol. The average molecular weight is 355 g/mol. The Kier molecular flexibility index (Phi) is 12.9. The Hall–Kier alpha value is -1.48. The van der Waals surface area contributed by atoms with E-state index >= 15 is 0 Å². The molecule has 0 spiro atoms. The molecule has 2 aliphatic rings. The van der Waals surface area contributed by atoms with Crippen LogP contribution >= 0.6 is 0 Å². The van der Waals surface area contributed by atoms with Crippen molar-refractivity contribution in [2.45, 2.75) is 98.3 Å². The SMILES string of the molecule is C#C.C=CC.CC.CCc1c(C2CCC(C)CC2)ccc(C2CC2)c1C. The monoisotopic (exact) mass is 354 g/mol. The molecule has 0 amide bonds. The lowest BCUT2D eigenvalue weighted by molar-refractivity contribution is 0.347. The van der Waals surface area contributed by atoms with E-state index in [4.69, 9.17) is 0 Å². The van der Waals surface area contributed by atoms with E-state index in [9.17, 15) is 0 Å². The van der Waals surface area contributed by atoms with Crippen molar-refractivity contribution in [3.05, 3.63) is 47.0 Å². The van der Waals surface area contributed by atoms with Crippen molar-refractivity contribution in [2.24, 2.45) is 5.92 Å². The van der Waals surface area contributed by atoms with Gasteiger partial charge in [-0.3, -0.25) is 0 Å². The second-order valence-corrected chi connectivity index (χ2v) is 7.34. The number of terminal acetylenes is 1. The minimum atomic E-state index is 0.845. The Morgan fingerprint density at radius 1 is 0.962 bits per heavy atom. The Morgan fingerprint density at radius 3 is 1.77 bits per heavy atom. The summed E-state index contributed by atoms with van der Waals surface area (Å²) in [6.45, 7) is 16.4. The Balaban J connectivity index is 0.000000793. The molecule has 0 bridgehead atoms. The van der Waals surface area contributed by atoms with E-state index in [2.05, 4.69) is 52.3 Å². The summed E-state index contributed by atoms with van der Waals surface area (Å²) in [4.78, 5) is 0. The second kappa shape index (κ2) is 13.7. The summed E-state index contributed by atoms with van der Waals surface area (Å²) in [5, 5.41) is 0. The summed E-state index contributed by atoms with van der Waals surface area (Å²) in [5.41, 5.74) is 6.66. The molecule has 0 heteroatoms. The van der Waals surface area contributed by atoms with Gasteiger partial charge in [0.1, 0.15) is 0 Å². The molecule has 0 nitrogen and oxygen atoms in total. The number of allylic oxidation sites excluding steroid dienone is 1. The largest absolute Gasteiger partial charge is 0.124 e. The van der Waals surface area contributed by atoms with Crippen molar-refractivity contribution in [3.8, 4) is 12.8 Å². The van der Waals surface area contributed by atoms with Gasteiger partial charge in [0, 0.05) is 0 Å². The summed E-state index contributed by atoms with van der Waals surface area (Å²) >= 11 is 0. The first-order valence-electron chi connectivity index (χ1n) is 10.6. The minimum Gasteiger partial charge on any atom is -0.124 e. The zero-order chi connectivity index (χ0) is 20.1. The Labute approximate surface area is 164 Å². The topological polar surface area (TPSA) is 0 Å². The van der Waals surface area contributed by atoms with Gasteiger partial charge in [0.05, 0.1) is 0 Å². The molecular weight excluding hydrogens is 312 g/mol. The van der Waals surface area contributed by atoms with Crippen LogP contribution in [0.3, 0.4) is 0 Å². The zero-order valence-electron chi connectivity index (χ0n) is 18.3. The first kappa shape index (κ1) is 24.5. The van der Waals surface area contributed by atoms with E-state index < -0.39 is 0 Å². The fourth-order valence-electron chi connectivity index (χ4n) is 4.06. The highest BCUT2D eigenvalue weighted by Gasteiger charge is 2.28. The lowest BCUT2D eigenvalue weighted by atomic mass is 9.76. The molecular formula is C26H42. The third-order valence-electron chi connectivity index (χ3n) is 5.50. The standard InChI is InChI=1S/C19H28.C3H6.C2H6.C2H2/c1-4-17-14(3)18(15-9-10-15)11-12-19(17)16-7-5-13(2)6-8-16;1-3-2;2*1-2/h11-13,15-16H,4-10H2,1-3H3;3H,1H2,2H3;1-2H3;1-2H. The van der Waals surface area contributed by atoms with Crippen molar-refractivity contribution >= 4 is 0 Å². The fourth-order valence-corrected chi connectivity index (χ4v) is 4.06. The summed E-state index contributed by atoms with van der Waals surface area (Å²) in [5.74, 6) is 2.69. The highest BCUT2D eigenvalue weighted by Crippen LogP contribution is 2.44. The maximum absolute atomic E-state index is 4.00. The van der Waals surface area contributed by atoms with Crippen molar-refractivity contribution < 1.29 is 0 Å². The van der Waals surface area contributed by atoms with Gasteiger partial charge in [0.15, 0.2) is 0 Å². The first-order valence-corrected chi connectivity index (χ1v) is 10.6. The van der Waals surface area contributed by atoms with Crippen LogP contribution < -0.4 is 0 Å². The molecule has 2 aliphatic carbocycles. The maximum Gasteiger partial charge on any atom is -0.0159 e. The lowest BCUT2D eigenvalue weighted by Gasteiger charge is -2.29. The van der Waals surface area contributed by atoms with Crippen LogP contribution in [0.5, 0.6) is 0 Å². The van der Waals surface area contributed by atoms with Crippen LogP contribution in [0.4, 0.5) is 0 Å². The lowest BCUT2D eigenvalue weighted by Crippen LogP contribution is -2.13. The predicted octanol–water partition coefficient (Wildman–Crippen LogP) is 8.20. The maximum atomic E-state index is 4.00. The van der Waals surface area contributed by atoms with E-state index in [1.165, 1.54) is 44.9 Å². The molecule has 0 unspecified atom stereocenters. The van der Waals surface area contributed by atoms with Crippen LogP contribution in [-0.4, -0.2) is 0 Å². The van der Waals surface area contributed by atoms with E-state index in [1.807, 2.05) is 20.8 Å². The summed E-state index contributed by atoms with van der Waals surface area (Å²) < 4.78 is 0. The highest BCUT2D eigenvalue weighted by molar-refractivity contribution is 5.45. The Morgan fingerprint density at radius 2 is 1.35 bits per heavy atom. The summed E-state index contributed by atoms with van der Waals surface area (Å²) in [6.07, 6.45) is 19.5. The third kappa shape index (κ3) is 7.03. The molecule has 2 saturated carbocycles. The molecule has 0 atom stereocenters. The van der Waals surface area contributed by atoms with E-state index in [-0.39, 0.29) is 0 Å². The normalized spacial score (nSPS) is 20.9. The van der Waals surface area contributed by atoms with Crippen LogP contribution in [0, 0.1) is 25.7 Å². The van der Waals surface area contributed by atoms with Crippen molar-refractivity contribution in [1.29, 1.82) is 0 Å². The molecule has 26 heavy (non-hydrogen) atoms. The summed E-state index contributed by atoms with van der Waals surface area (Å²) in [7, 11) is 0. The van der Waals surface area contributed by atoms with E-state index in [0.29, 0.717) is 0 Å². The molecule has 1 aromatic carbocycles. The zero-order valence-corrected chi connectivity index (χ0v) is 18.3. The molecule has 0 aliphatic heterocycles. The Bertz CT molecular complexity index is 522. The summed E-state index contributed by atoms with van der Waals surface area (Å²) in [6, 6.07) is 4.94. The molecule has 2 fully saturated rings. The van der Waals surface area contributed by atoms with Crippen LogP contribution in [-0.2, 0) is 6.42 Å². The molecule has 1 aromatic rings. The van der Waals surface area contributed by atoms with Crippen LogP contribution in [0.2, 0.25) is 0 Å². The van der Waals surface area contributed by atoms with Gasteiger partial charge in [-0.05, 0) is 86.0 Å². The number of hydrogen-bond acceptors (Lipinski definition) is 0.